The molecule has 1 fully saturated rings. The van der Waals surface area contributed by atoms with Crippen LogP contribution in [0, 0.1) is 0 Å². The number of hydrogen-bond donors (Lipinski definition) is 2. The third kappa shape index (κ3) is 5.72. The van der Waals surface area contributed by atoms with Crippen LogP contribution in [0.15, 0.2) is 18.2 Å². The Bertz CT molecular complexity index is 555. The van der Waals surface area contributed by atoms with Crippen LogP contribution < -0.4 is 14.4 Å². The molecule has 0 saturated heterocycles. The highest BCUT2D eigenvalue weighted by Crippen LogP contribution is 2.28. The van der Waals surface area contributed by atoms with Gasteiger partial charge in [0.15, 0.2) is 17.3 Å². The zero-order chi connectivity index (χ0) is 18.2. The van der Waals surface area contributed by atoms with E-state index in [1.807, 2.05) is 0 Å². The Morgan fingerprint density at radius 1 is 1.28 bits per heavy atom. The summed E-state index contributed by atoms with van der Waals surface area (Å²) < 4.78 is 11.1. The van der Waals surface area contributed by atoms with E-state index in [-0.39, 0.29) is 12.4 Å². The summed E-state index contributed by atoms with van der Waals surface area (Å²) in [4.78, 5) is 12.9. The lowest BCUT2D eigenvalue weighted by Gasteiger charge is -2.31. The van der Waals surface area contributed by atoms with Crippen molar-refractivity contribution >= 4 is 5.78 Å². The minimum Gasteiger partial charge on any atom is -0.493 e. The van der Waals surface area contributed by atoms with E-state index in [0.29, 0.717) is 29.6 Å². The first-order chi connectivity index (χ1) is 12.0. The number of methoxy groups -OCH3 is 1. The largest absolute Gasteiger partial charge is 0.493 e. The molecule has 1 aromatic carbocycles. The molecule has 140 valence electrons. The van der Waals surface area contributed by atoms with E-state index in [2.05, 4.69) is 6.92 Å². The number of aliphatic hydroxyl groups excluding tert-OH is 1. The summed E-state index contributed by atoms with van der Waals surface area (Å²) in [7, 11) is 1.55. The van der Waals surface area contributed by atoms with Gasteiger partial charge in [-0.05, 0) is 57.7 Å². The monoisotopic (exact) mass is 350 g/mol. The first-order valence-electron chi connectivity index (χ1n) is 9.39. The van der Waals surface area contributed by atoms with Crippen LogP contribution in [0.3, 0.4) is 0 Å². The predicted octanol–water partition coefficient (Wildman–Crippen LogP) is 1.88. The van der Waals surface area contributed by atoms with Crippen molar-refractivity contribution in [3.63, 3.8) is 0 Å². The molecular weight excluding hydrogens is 318 g/mol. The Hall–Kier alpha value is -1.59. The Kier molecular flexibility index (Phi) is 7.72. The van der Waals surface area contributed by atoms with Crippen molar-refractivity contribution in [2.75, 3.05) is 26.8 Å². The van der Waals surface area contributed by atoms with Gasteiger partial charge in [-0.25, -0.2) is 0 Å². The number of aliphatic hydroxyl groups is 1. The van der Waals surface area contributed by atoms with Gasteiger partial charge < -0.3 is 19.5 Å². The van der Waals surface area contributed by atoms with Gasteiger partial charge in [-0.15, -0.1) is 0 Å². The normalized spacial score (nSPS) is 17.8. The second-order valence-corrected chi connectivity index (χ2v) is 6.94. The number of likely N-dealkylation sites (N-methyl/N-ethyl adjacent to an activating group) is 1. The van der Waals surface area contributed by atoms with Crippen LogP contribution in [-0.2, 0) is 0 Å². The third-order valence-corrected chi connectivity index (χ3v) is 5.14. The number of ether oxygens (including phenoxy) is 2. The van der Waals surface area contributed by atoms with Crippen molar-refractivity contribution in [1.29, 1.82) is 0 Å². The zero-order valence-corrected chi connectivity index (χ0v) is 15.7. The van der Waals surface area contributed by atoms with Crippen molar-refractivity contribution in [3.05, 3.63) is 23.8 Å². The Labute approximate surface area is 150 Å². The fourth-order valence-corrected chi connectivity index (χ4v) is 3.66. The lowest BCUT2D eigenvalue weighted by Crippen LogP contribution is -3.16. The van der Waals surface area contributed by atoms with Crippen molar-refractivity contribution in [2.24, 2.45) is 0 Å². The van der Waals surface area contributed by atoms with Crippen molar-refractivity contribution in [3.8, 4) is 11.5 Å². The number of ketones is 1. The highest BCUT2D eigenvalue weighted by atomic mass is 16.5. The van der Waals surface area contributed by atoms with Gasteiger partial charge in [-0.1, -0.05) is 6.42 Å². The van der Waals surface area contributed by atoms with E-state index in [1.54, 1.807) is 25.3 Å². The second-order valence-electron chi connectivity index (χ2n) is 6.94. The van der Waals surface area contributed by atoms with Gasteiger partial charge in [0, 0.05) is 5.56 Å². The van der Waals surface area contributed by atoms with Gasteiger partial charge in [0.1, 0.15) is 19.3 Å². The van der Waals surface area contributed by atoms with Crippen LogP contribution in [0.5, 0.6) is 11.5 Å². The molecule has 1 saturated carbocycles. The molecule has 0 aliphatic heterocycles. The van der Waals surface area contributed by atoms with Crippen LogP contribution in [0.25, 0.3) is 0 Å². The van der Waals surface area contributed by atoms with Gasteiger partial charge in [0.2, 0.25) is 0 Å². The smallest absolute Gasteiger partial charge is 0.161 e. The van der Waals surface area contributed by atoms with Crippen LogP contribution >= 0.6 is 0 Å². The number of benzene rings is 1. The molecular formula is C20H32NO4+. The summed E-state index contributed by atoms with van der Waals surface area (Å²) >= 11 is 0. The zero-order valence-electron chi connectivity index (χ0n) is 15.7. The summed E-state index contributed by atoms with van der Waals surface area (Å²) in [5.74, 6) is 1.06. The maximum Gasteiger partial charge on any atom is 0.161 e. The molecule has 1 aliphatic carbocycles. The molecule has 2 rings (SSSR count). The average molecular weight is 350 g/mol. The molecule has 5 nitrogen and oxygen atoms in total. The molecule has 0 bridgehead atoms. The number of carbonyl (C=O) groups excluding carboxylic acids is 1. The molecule has 1 aromatic rings. The molecule has 0 heterocycles. The first kappa shape index (κ1) is 19.7. The van der Waals surface area contributed by atoms with E-state index < -0.39 is 6.10 Å². The van der Waals surface area contributed by atoms with Crippen LogP contribution in [0.2, 0.25) is 0 Å². The second kappa shape index (κ2) is 9.78. The van der Waals surface area contributed by atoms with E-state index in [1.165, 1.54) is 43.9 Å². The number of carbonyl (C=O) groups is 1. The molecule has 1 aliphatic rings. The van der Waals surface area contributed by atoms with Gasteiger partial charge in [-0.3, -0.25) is 4.79 Å². The lowest BCUT2D eigenvalue weighted by atomic mass is 9.94. The molecule has 0 spiro atoms. The topological polar surface area (TPSA) is 60.2 Å². The summed E-state index contributed by atoms with van der Waals surface area (Å²) in [5, 5.41) is 10.4. The average Bonchev–Trinajstić information content (AvgIpc) is 2.64. The van der Waals surface area contributed by atoms with E-state index >= 15 is 0 Å². The SMILES string of the molecule is CC[NH+](C[C@H](O)COc1ccc(C(C)=O)cc1OC)C1CCCCC1. The van der Waals surface area contributed by atoms with Crippen LogP contribution in [-0.4, -0.2) is 49.8 Å². The minimum atomic E-state index is -0.519. The summed E-state index contributed by atoms with van der Waals surface area (Å²) in [6.45, 7) is 5.66. The van der Waals surface area contributed by atoms with Crippen LogP contribution in [0.4, 0.5) is 0 Å². The molecule has 2 atom stereocenters. The number of nitrogens with one attached hydrogen (secondary N) is 1. The van der Waals surface area contributed by atoms with Crippen molar-refractivity contribution < 1.29 is 24.3 Å². The standard InChI is InChI=1S/C20H31NO4/c1-4-21(17-8-6-5-7-9-17)13-18(23)14-25-19-11-10-16(15(2)22)12-20(19)24-3/h10-12,17-18,23H,4-9,13-14H2,1-3H3/p+1/t18-/m0/s1. The summed E-state index contributed by atoms with van der Waals surface area (Å²) in [6, 6.07) is 5.79. The highest BCUT2D eigenvalue weighted by molar-refractivity contribution is 5.94. The van der Waals surface area contributed by atoms with Gasteiger partial charge in [0.25, 0.3) is 0 Å². The third-order valence-electron chi connectivity index (χ3n) is 5.14. The Balaban J connectivity index is 1.90. The molecule has 5 heteroatoms. The number of quaternary nitrogens is 1. The molecule has 0 aromatic heterocycles. The fourth-order valence-electron chi connectivity index (χ4n) is 3.66. The van der Waals surface area contributed by atoms with Crippen molar-refractivity contribution in [2.45, 2.75) is 58.1 Å². The molecule has 1 unspecified atom stereocenters. The molecule has 0 amide bonds. The maximum absolute atomic E-state index is 11.5. The quantitative estimate of drug-likeness (QED) is 0.668. The minimum absolute atomic E-state index is 0.0143. The van der Waals surface area contributed by atoms with Gasteiger partial charge in [-0.2, -0.15) is 0 Å². The van der Waals surface area contributed by atoms with E-state index in [9.17, 15) is 9.90 Å². The highest BCUT2D eigenvalue weighted by Gasteiger charge is 2.25. The number of hydrogen-bond acceptors (Lipinski definition) is 4. The Morgan fingerprint density at radius 3 is 2.60 bits per heavy atom. The van der Waals surface area contributed by atoms with E-state index in [4.69, 9.17) is 9.47 Å². The summed E-state index contributed by atoms with van der Waals surface area (Å²) in [6.07, 6.45) is 5.96. The fraction of sp³-hybridized carbons (Fsp3) is 0.650. The molecule has 2 N–H and O–H groups in total. The first-order valence-corrected chi connectivity index (χ1v) is 9.39. The number of rotatable bonds is 9. The lowest BCUT2D eigenvalue weighted by molar-refractivity contribution is -0.928. The molecule has 0 radical (unpaired) electrons. The van der Waals surface area contributed by atoms with Gasteiger partial charge >= 0.3 is 0 Å². The van der Waals surface area contributed by atoms with Crippen LogP contribution in [0.1, 0.15) is 56.3 Å². The van der Waals surface area contributed by atoms with Gasteiger partial charge in [0.05, 0.1) is 19.7 Å². The van der Waals surface area contributed by atoms with Crippen molar-refractivity contribution in [1.82, 2.24) is 0 Å². The molecule has 25 heavy (non-hydrogen) atoms. The summed E-state index contributed by atoms with van der Waals surface area (Å²) in [5.41, 5.74) is 0.587. The van der Waals surface area contributed by atoms with E-state index in [0.717, 1.165) is 6.54 Å². The number of Topliss-reactive ketones (excluding diaryl/α,β-unsaturated/α-hetero) is 1. The predicted molar refractivity (Wildman–Crippen MR) is 97.7 cm³/mol. The maximum atomic E-state index is 11.5. The Morgan fingerprint density at radius 2 is 2.00 bits per heavy atom.